The SMILES string of the molecule is O=C(c1ccco1)n1nc(-c2cn(CCc3cnco3)c(=O)cc2F)cc1NCc1ccc(Cl)s1. The Labute approximate surface area is 206 Å². The molecule has 5 aromatic heterocycles. The topological polar surface area (TPSA) is 108 Å². The maximum atomic E-state index is 14.9. The first-order chi connectivity index (χ1) is 17.0. The summed E-state index contributed by atoms with van der Waals surface area (Å²) >= 11 is 7.40. The number of carbonyl (C=O) groups excluding carboxylic acids is 1. The Morgan fingerprint density at radius 2 is 2.11 bits per heavy atom. The highest BCUT2D eigenvalue weighted by Gasteiger charge is 2.21. The highest BCUT2D eigenvalue weighted by atomic mass is 35.5. The molecule has 0 saturated heterocycles. The molecular weight excluding hydrogens is 497 g/mol. The molecule has 0 amide bonds. The van der Waals surface area contributed by atoms with Crippen LogP contribution >= 0.6 is 22.9 Å². The van der Waals surface area contributed by atoms with Crippen LogP contribution in [-0.4, -0.2) is 25.2 Å². The highest BCUT2D eigenvalue weighted by Crippen LogP contribution is 2.27. The monoisotopic (exact) mass is 513 g/mol. The normalized spacial score (nSPS) is 11.1. The first-order valence-electron chi connectivity index (χ1n) is 10.4. The highest BCUT2D eigenvalue weighted by molar-refractivity contribution is 7.16. The number of hydrogen-bond acceptors (Lipinski definition) is 8. The van der Waals surface area contributed by atoms with E-state index in [9.17, 15) is 14.0 Å². The van der Waals surface area contributed by atoms with E-state index in [1.165, 1.54) is 40.8 Å². The molecule has 178 valence electrons. The van der Waals surface area contributed by atoms with Gasteiger partial charge in [0.05, 0.1) is 34.6 Å². The molecule has 0 fully saturated rings. The van der Waals surface area contributed by atoms with Crippen LogP contribution in [0.1, 0.15) is 21.2 Å². The fraction of sp³-hybridized carbons (Fsp3) is 0.130. The molecule has 0 aromatic carbocycles. The van der Waals surface area contributed by atoms with Crippen LogP contribution in [0, 0.1) is 5.82 Å². The Balaban J connectivity index is 1.49. The minimum Gasteiger partial charge on any atom is -0.459 e. The smallest absolute Gasteiger partial charge is 0.315 e. The Kier molecular flexibility index (Phi) is 6.34. The summed E-state index contributed by atoms with van der Waals surface area (Å²) in [5, 5.41) is 7.48. The molecule has 5 rings (SSSR count). The molecule has 0 atom stereocenters. The van der Waals surface area contributed by atoms with Crippen LogP contribution in [-0.2, 0) is 19.5 Å². The lowest BCUT2D eigenvalue weighted by Crippen LogP contribution is -2.21. The Morgan fingerprint density at radius 3 is 2.83 bits per heavy atom. The van der Waals surface area contributed by atoms with Gasteiger partial charge in [0.25, 0.3) is 5.56 Å². The van der Waals surface area contributed by atoms with Crippen LogP contribution in [0.3, 0.4) is 0 Å². The van der Waals surface area contributed by atoms with Gasteiger partial charge in [-0.1, -0.05) is 11.6 Å². The van der Waals surface area contributed by atoms with Crippen molar-refractivity contribution >= 4 is 34.7 Å². The zero-order valence-corrected chi connectivity index (χ0v) is 19.6. The molecule has 0 unspecified atom stereocenters. The number of nitrogens with one attached hydrogen (secondary N) is 1. The summed E-state index contributed by atoms with van der Waals surface area (Å²) < 4.78 is 28.4. The second-order valence-corrected chi connectivity index (χ2v) is 9.25. The number of oxazole rings is 1. The van der Waals surface area contributed by atoms with Crippen LogP contribution in [0.15, 0.2) is 75.1 Å². The largest absolute Gasteiger partial charge is 0.459 e. The van der Waals surface area contributed by atoms with E-state index in [2.05, 4.69) is 15.4 Å². The Morgan fingerprint density at radius 1 is 1.23 bits per heavy atom. The maximum absolute atomic E-state index is 14.9. The molecular formula is C23H17ClFN5O4S. The molecule has 12 heteroatoms. The van der Waals surface area contributed by atoms with Crippen molar-refractivity contribution in [2.24, 2.45) is 0 Å². The molecule has 0 bridgehead atoms. The van der Waals surface area contributed by atoms with Crippen molar-refractivity contribution in [3.8, 4) is 11.3 Å². The minimum absolute atomic E-state index is 0.0652. The number of hydrogen-bond donors (Lipinski definition) is 1. The molecule has 0 aliphatic carbocycles. The van der Waals surface area contributed by atoms with Crippen molar-refractivity contribution in [2.75, 3.05) is 5.32 Å². The van der Waals surface area contributed by atoms with Crippen molar-refractivity contribution in [3.05, 3.63) is 98.4 Å². The number of thiophene rings is 1. The molecule has 9 nitrogen and oxygen atoms in total. The standard InChI is InChI=1S/C23H17ClFN5O4S/c24-20-4-3-15(35-20)11-27-21-9-18(28-30(21)23(32)19-2-1-7-33-19)16-12-29(22(31)8-17(16)25)6-5-14-10-26-13-34-14/h1-4,7-10,12-13,27H,5-6,11H2. The van der Waals surface area contributed by atoms with Crippen molar-refractivity contribution < 1.29 is 18.0 Å². The number of aromatic nitrogens is 4. The van der Waals surface area contributed by atoms with E-state index in [0.717, 1.165) is 15.6 Å². The van der Waals surface area contributed by atoms with Crippen molar-refractivity contribution in [2.45, 2.75) is 19.5 Å². The summed E-state index contributed by atoms with van der Waals surface area (Å²) in [5.41, 5.74) is -0.275. The van der Waals surface area contributed by atoms with Crippen LogP contribution in [0.2, 0.25) is 4.34 Å². The van der Waals surface area contributed by atoms with Gasteiger partial charge in [0.2, 0.25) is 0 Å². The lowest BCUT2D eigenvalue weighted by atomic mass is 10.2. The molecule has 0 saturated carbocycles. The molecule has 0 aliphatic heterocycles. The minimum atomic E-state index is -0.752. The number of rotatable bonds is 8. The number of carbonyl (C=O) groups is 1. The lowest BCUT2D eigenvalue weighted by Gasteiger charge is -2.07. The van der Waals surface area contributed by atoms with Crippen molar-refractivity contribution in [1.29, 1.82) is 0 Å². The molecule has 0 aliphatic rings. The summed E-state index contributed by atoms with van der Waals surface area (Å²) in [6, 6.07) is 9.17. The predicted molar refractivity (Wildman–Crippen MR) is 127 cm³/mol. The van der Waals surface area contributed by atoms with Gasteiger partial charge in [-0.25, -0.2) is 9.37 Å². The number of halogens is 2. The maximum Gasteiger partial charge on any atom is 0.315 e. The van der Waals surface area contributed by atoms with E-state index >= 15 is 0 Å². The van der Waals surface area contributed by atoms with Gasteiger partial charge >= 0.3 is 5.91 Å². The fourth-order valence-corrected chi connectivity index (χ4v) is 4.46. The third-order valence-corrected chi connectivity index (χ3v) is 6.37. The number of anilines is 1. The molecule has 0 spiro atoms. The van der Waals surface area contributed by atoms with E-state index in [1.54, 1.807) is 24.4 Å². The van der Waals surface area contributed by atoms with Crippen molar-refractivity contribution in [1.82, 2.24) is 19.3 Å². The van der Waals surface area contributed by atoms with Crippen LogP contribution in [0.5, 0.6) is 0 Å². The zero-order valence-electron chi connectivity index (χ0n) is 18.0. The predicted octanol–water partition coefficient (Wildman–Crippen LogP) is 4.69. The van der Waals surface area contributed by atoms with Gasteiger partial charge in [-0.2, -0.15) is 9.78 Å². The van der Waals surface area contributed by atoms with E-state index in [1.807, 2.05) is 6.07 Å². The summed E-state index contributed by atoms with van der Waals surface area (Å²) in [4.78, 5) is 30.1. The van der Waals surface area contributed by atoms with Gasteiger partial charge in [-0.05, 0) is 24.3 Å². The molecule has 35 heavy (non-hydrogen) atoms. The molecule has 0 radical (unpaired) electrons. The van der Waals surface area contributed by atoms with E-state index in [4.69, 9.17) is 20.4 Å². The van der Waals surface area contributed by atoms with Gasteiger partial charge in [0.15, 0.2) is 12.2 Å². The number of nitrogens with zero attached hydrogens (tertiary/aromatic N) is 4. The third-order valence-electron chi connectivity index (χ3n) is 5.14. The fourth-order valence-electron chi connectivity index (χ4n) is 3.43. The number of furan rings is 1. The summed E-state index contributed by atoms with van der Waals surface area (Å²) in [5.74, 6) is -0.301. The van der Waals surface area contributed by atoms with Gasteiger partial charge < -0.3 is 18.7 Å². The average molecular weight is 514 g/mol. The van der Waals surface area contributed by atoms with E-state index in [0.29, 0.717) is 28.9 Å². The van der Waals surface area contributed by atoms with Gasteiger partial charge in [0.1, 0.15) is 17.4 Å². The summed E-state index contributed by atoms with van der Waals surface area (Å²) in [7, 11) is 0. The number of pyridine rings is 1. The van der Waals surface area contributed by atoms with E-state index < -0.39 is 17.3 Å². The average Bonchev–Trinajstić information content (AvgIpc) is 3.65. The zero-order chi connectivity index (χ0) is 24.4. The van der Waals surface area contributed by atoms with Crippen molar-refractivity contribution in [3.63, 3.8) is 0 Å². The van der Waals surface area contributed by atoms with Gasteiger partial charge in [0, 0.05) is 36.2 Å². The summed E-state index contributed by atoms with van der Waals surface area (Å²) in [6.45, 7) is 0.616. The Hall–Kier alpha value is -3.96. The lowest BCUT2D eigenvalue weighted by molar-refractivity contribution is 0.0920. The van der Waals surface area contributed by atoms with Crippen LogP contribution in [0.25, 0.3) is 11.3 Å². The van der Waals surface area contributed by atoms with Gasteiger partial charge in [-0.15, -0.1) is 11.3 Å². The van der Waals surface area contributed by atoms with Crippen LogP contribution in [0.4, 0.5) is 10.2 Å². The quantitative estimate of drug-likeness (QED) is 0.320. The molecule has 5 aromatic rings. The first kappa shape index (κ1) is 22.8. The molecule has 1 N–H and O–H groups in total. The molecule has 5 heterocycles. The third kappa shape index (κ3) is 4.96. The second kappa shape index (κ2) is 9.72. The first-order valence-corrected chi connectivity index (χ1v) is 11.6. The van der Waals surface area contributed by atoms with E-state index in [-0.39, 0.29) is 23.6 Å². The number of aryl methyl sites for hydroxylation is 2. The summed E-state index contributed by atoms with van der Waals surface area (Å²) in [6.07, 6.45) is 6.00. The van der Waals surface area contributed by atoms with Gasteiger partial charge in [-0.3, -0.25) is 9.59 Å². The van der Waals surface area contributed by atoms with Crippen LogP contribution < -0.4 is 10.9 Å². The second-order valence-electron chi connectivity index (χ2n) is 7.45. The Bertz CT molecular complexity index is 1520.